The third kappa shape index (κ3) is 3.12. The lowest BCUT2D eigenvalue weighted by atomic mass is 10.2. The molecule has 0 radical (unpaired) electrons. The van der Waals surface area contributed by atoms with Crippen LogP contribution in [-0.4, -0.2) is 21.9 Å². The summed E-state index contributed by atoms with van der Waals surface area (Å²) < 4.78 is 0. The van der Waals surface area contributed by atoms with Gasteiger partial charge in [-0.1, -0.05) is 6.07 Å². The molecule has 1 fully saturated rings. The zero-order valence-corrected chi connectivity index (χ0v) is 11.0. The van der Waals surface area contributed by atoms with E-state index >= 15 is 0 Å². The first-order chi connectivity index (χ1) is 9.83. The van der Waals surface area contributed by atoms with Gasteiger partial charge >= 0.3 is 0 Å². The van der Waals surface area contributed by atoms with Crippen molar-refractivity contribution in [1.29, 1.82) is 0 Å². The van der Waals surface area contributed by atoms with Crippen LogP contribution < -0.4 is 10.6 Å². The van der Waals surface area contributed by atoms with Gasteiger partial charge in [-0.3, -0.25) is 9.78 Å². The van der Waals surface area contributed by atoms with Crippen LogP contribution in [0.2, 0.25) is 0 Å². The molecule has 0 bridgehead atoms. The lowest BCUT2D eigenvalue weighted by molar-refractivity contribution is 0.0951. The maximum absolute atomic E-state index is 12.2. The Morgan fingerprint density at radius 2 is 2.10 bits per heavy atom. The van der Waals surface area contributed by atoms with Crippen LogP contribution in [0.1, 0.15) is 28.8 Å². The van der Waals surface area contributed by atoms with E-state index in [1.54, 1.807) is 30.7 Å². The second kappa shape index (κ2) is 5.69. The Balaban J connectivity index is 1.67. The topological polar surface area (TPSA) is 66.9 Å². The third-order valence-corrected chi connectivity index (χ3v) is 3.15. The lowest BCUT2D eigenvalue weighted by Crippen LogP contribution is -2.24. The average Bonchev–Trinajstić information content (AvgIpc) is 3.30. The number of anilines is 1. The SMILES string of the molecule is O=C(NCc1cccnc1)c1cccnc1NC1CC1. The standard InChI is InChI=1S/C15H16N4O/c20-15(18-10-11-3-1-7-16-9-11)13-4-2-8-17-14(13)19-12-5-6-12/h1-4,7-9,12H,5-6,10H2,(H,17,19)(H,18,20). The summed E-state index contributed by atoms with van der Waals surface area (Å²) in [5.41, 5.74) is 1.56. The molecule has 0 atom stereocenters. The highest BCUT2D eigenvalue weighted by atomic mass is 16.1. The van der Waals surface area contributed by atoms with Crippen molar-refractivity contribution < 1.29 is 4.79 Å². The first-order valence-corrected chi connectivity index (χ1v) is 6.71. The lowest BCUT2D eigenvalue weighted by Gasteiger charge is -2.10. The van der Waals surface area contributed by atoms with E-state index in [-0.39, 0.29) is 5.91 Å². The summed E-state index contributed by atoms with van der Waals surface area (Å²) in [7, 11) is 0. The highest BCUT2D eigenvalue weighted by Crippen LogP contribution is 2.25. The van der Waals surface area contributed by atoms with E-state index in [9.17, 15) is 4.79 Å². The molecular weight excluding hydrogens is 252 g/mol. The van der Waals surface area contributed by atoms with Crippen LogP contribution in [0, 0.1) is 0 Å². The van der Waals surface area contributed by atoms with Crippen LogP contribution in [0.15, 0.2) is 42.9 Å². The number of nitrogens with one attached hydrogen (secondary N) is 2. The predicted molar refractivity (Wildman–Crippen MR) is 76.3 cm³/mol. The quantitative estimate of drug-likeness (QED) is 0.870. The Morgan fingerprint density at radius 1 is 1.25 bits per heavy atom. The number of hydrogen-bond donors (Lipinski definition) is 2. The van der Waals surface area contributed by atoms with Gasteiger partial charge in [-0.05, 0) is 36.6 Å². The van der Waals surface area contributed by atoms with Crippen molar-refractivity contribution in [2.24, 2.45) is 0 Å². The monoisotopic (exact) mass is 268 g/mol. The second-order valence-corrected chi connectivity index (χ2v) is 4.86. The molecule has 0 saturated heterocycles. The van der Waals surface area contributed by atoms with E-state index < -0.39 is 0 Å². The van der Waals surface area contributed by atoms with E-state index in [4.69, 9.17) is 0 Å². The van der Waals surface area contributed by atoms with Crippen LogP contribution >= 0.6 is 0 Å². The fourth-order valence-electron chi connectivity index (χ4n) is 1.90. The molecule has 102 valence electrons. The number of nitrogens with zero attached hydrogens (tertiary/aromatic N) is 2. The Bertz CT molecular complexity index is 596. The third-order valence-electron chi connectivity index (χ3n) is 3.15. The number of hydrogen-bond acceptors (Lipinski definition) is 4. The minimum absolute atomic E-state index is 0.120. The van der Waals surface area contributed by atoms with Crippen LogP contribution in [0.25, 0.3) is 0 Å². The molecule has 2 aromatic rings. The van der Waals surface area contributed by atoms with Gasteiger partial charge < -0.3 is 10.6 Å². The van der Waals surface area contributed by atoms with E-state index in [0.29, 0.717) is 24.0 Å². The summed E-state index contributed by atoms with van der Waals surface area (Å²) in [5, 5.41) is 6.17. The van der Waals surface area contributed by atoms with Crippen molar-refractivity contribution >= 4 is 11.7 Å². The van der Waals surface area contributed by atoms with E-state index in [2.05, 4.69) is 20.6 Å². The summed E-state index contributed by atoms with van der Waals surface area (Å²) >= 11 is 0. The van der Waals surface area contributed by atoms with Gasteiger partial charge in [0.05, 0.1) is 5.56 Å². The summed E-state index contributed by atoms with van der Waals surface area (Å²) in [5.74, 6) is 0.545. The van der Waals surface area contributed by atoms with Crippen molar-refractivity contribution in [3.05, 3.63) is 54.0 Å². The van der Waals surface area contributed by atoms with Crippen LogP contribution in [-0.2, 0) is 6.54 Å². The Hall–Kier alpha value is -2.43. The van der Waals surface area contributed by atoms with Crippen LogP contribution in [0.3, 0.4) is 0 Å². The minimum atomic E-state index is -0.120. The maximum atomic E-state index is 12.2. The average molecular weight is 268 g/mol. The molecular formula is C15H16N4O. The second-order valence-electron chi connectivity index (χ2n) is 4.86. The maximum Gasteiger partial charge on any atom is 0.255 e. The molecule has 2 aromatic heterocycles. The van der Waals surface area contributed by atoms with E-state index in [1.807, 2.05) is 12.1 Å². The van der Waals surface area contributed by atoms with Crippen LogP contribution in [0.5, 0.6) is 0 Å². The van der Waals surface area contributed by atoms with Crippen molar-refractivity contribution in [2.45, 2.75) is 25.4 Å². The first-order valence-electron chi connectivity index (χ1n) is 6.71. The minimum Gasteiger partial charge on any atom is -0.367 e. The Labute approximate surface area is 117 Å². The molecule has 2 N–H and O–H groups in total. The summed E-state index contributed by atoms with van der Waals surface area (Å²) in [6.07, 6.45) is 7.44. The molecule has 0 aliphatic heterocycles. The molecule has 20 heavy (non-hydrogen) atoms. The molecule has 0 aromatic carbocycles. The molecule has 0 spiro atoms. The number of carbonyl (C=O) groups is 1. The van der Waals surface area contributed by atoms with E-state index in [1.165, 1.54) is 0 Å². The molecule has 1 aliphatic rings. The molecule has 1 aliphatic carbocycles. The predicted octanol–water partition coefficient (Wildman–Crippen LogP) is 1.98. The molecule has 0 unspecified atom stereocenters. The van der Waals surface area contributed by atoms with Gasteiger partial charge in [0.15, 0.2) is 0 Å². The first kappa shape index (κ1) is 12.6. The van der Waals surface area contributed by atoms with E-state index in [0.717, 1.165) is 18.4 Å². The molecule has 5 heteroatoms. The van der Waals surface area contributed by atoms with Gasteiger partial charge in [-0.15, -0.1) is 0 Å². The highest BCUT2D eigenvalue weighted by molar-refractivity contribution is 5.98. The van der Waals surface area contributed by atoms with Crippen LogP contribution in [0.4, 0.5) is 5.82 Å². The largest absolute Gasteiger partial charge is 0.367 e. The smallest absolute Gasteiger partial charge is 0.255 e. The normalized spacial score (nSPS) is 13.8. The fourth-order valence-corrected chi connectivity index (χ4v) is 1.90. The number of pyridine rings is 2. The number of rotatable bonds is 5. The van der Waals surface area contributed by atoms with Gasteiger partial charge in [-0.25, -0.2) is 4.98 Å². The number of amides is 1. The fraction of sp³-hybridized carbons (Fsp3) is 0.267. The zero-order valence-electron chi connectivity index (χ0n) is 11.0. The van der Waals surface area contributed by atoms with Gasteiger partial charge in [0.1, 0.15) is 5.82 Å². The van der Waals surface area contributed by atoms with Crippen molar-refractivity contribution in [3.8, 4) is 0 Å². The van der Waals surface area contributed by atoms with Crippen molar-refractivity contribution in [2.75, 3.05) is 5.32 Å². The summed E-state index contributed by atoms with van der Waals surface area (Å²) in [6.45, 7) is 0.463. The van der Waals surface area contributed by atoms with Crippen molar-refractivity contribution in [3.63, 3.8) is 0 Å². The Morgan fingerprint density at radius 3 is 2.85 bits per heavy atom. The summed E-state index contributed by atoms with van der Waals surface area (Å²) in [6, 6.07) is 7.81. The van der Waals surface area contributed by atoms with Gasteiger partial charge in [-0.2, -0.15) is 0 Å². The molecule has 3 rings (SSSR count). The highest BCUT2D eigenvalue weighted by Gasteiger charge is 2.23. The zero-order chi connectivity index (χ0) is 13.8. The Kier molecular flexibility index (Phi) is 3.58. The molecule has 1 saturated carbocycles. The van der Waals surface area contributed by atoms with Crippen molar-refractivity contribution in [1.82, 2.24) is 15.3 Å². The molecule has 5 nitrogen and oxygen atoms in total. The molecule has 1 amide bonds. The number of carbonyl (C=O) groups excluding carboxylic acids is 1. The summed E-state index contributed by atoms with van der Waals surface area (Å²) in [4.78, 5) is 20.5. The van der Waals surface area contributed by atoms with Gasteiger partial charge in [0, 0.05) is 31.2 Å². The number of aromatic nitrogens is 2. The van der Waals surface area contributed by atoms with Gasteiger partial charge in [0.2, 0.25) is 0 Å². The van der Waals surface area contributed by atoms with Gasteiger partial charge in [0.25, 0.3) is 5.91 Å². The molecule has 2 heterocycles.